The molecule has 1 aromatic rings. The lowest BCUT2D eigenvalue weighted by molar-refractivity contribution is -0.148. The molecule has 9 nitrogen and oxygen atoms in total. The Bertz CT molecular complexity index is 900. The fraction of sp³-hybridized carbons (Fsp3) is 0.550. The van der Waals surface area contributed by atoms with Crippen molar-refractivity contribution in [1.29, 1.82) is 0 Å². The molecule has 29 heavy (non-hydrogen) atoms. The maximum absolute atomic E-state index is 12.8. The van der Waals surface area contributed by atoms with Crippen LogP contribution >= 0.6 is 0 Å². The molecule has 0 unspecified atom stereocenters. The molecule has 3 amide bonds. The Balaban J connectivity index is 1.12. The number of carbonyl (C=O) groups excluding carboxylic acids is 4. The van der Waals surface area contributed by atoms with E-state index in [-0.39, 0.29) is 54.3 Å². The van der Waals surface area contributed by atoms with E-state index in [1.54, 1.807) is 6.92 Å². The molecule has 1 N–H and O–H groups in total. The van der Waals surface area contributed by atoms with Crippen molar-refractivity contribution in [3.8, 4) is 0 Å². The summed E-state index contributed by atoms with van der Waals surface area (Å²) in [6.45, 7) is 1.20. The van der Waals surface area contributed by atoms with E-state index in [0.29, 0.717) is 17.6 Å². The van der Waals surface area contributed by atoms with Crippen molar-refractivity contribution in [3.63, 3.8) is 0 Å². The van der Waals surface area contributed by atoms with Gasteiger partial charge in [0.25, 0.3) is 5.91 Å². The number of nitrogens with zero attached hydrogens (tertiary/aromatic N) is 2. The second-order valence-electron chi connectivity index (χ2n) is 8.26. The van der Waals surface area contributed by atoms with E-state index in [9.17, 15) is 19.2 Å². The van der Waals surface area contributed by atoms with Crippen molar-refractivity contribution in [2.24, 2.45) is 35.5 Å². The number of hydrogen-bond donors (Lipinski definition) is 1. The van der Waals surface area contributed by atoms with Crippen LogP contribution < -0.4 is 5.32 Å². The van der Waals surface area contributed by atoms with Crippen LogP contribution in [0.4, 0.5) is 5.82 Å². The number of aryl methyl sites for hydroxylation is 1. The predicted octanol–water partition coefficient (Wildman–Crippen LogP) is 0.908. The summed E-state index contributed by atoms with van der Waals surface area (Å²) in [4.78, 5) is 50.6. The molecule has 0 radical (unpaired) electrons. The van der Waals surface area contributed by atoms with Gasteiger partial charge in [0.2, 0.25) is 11.8 Å². The van der Waals surface area contributed by atoms with Crippen molar-refractivity contribution in [3.05, 3.63) is 24.0 Å². The van der Waals surface area contributed by atoms with Gasteiger partial charge in [-0.1, -0.05) is 17.3 Å². The highest BCUT2D eigenvalue weighted by atomic mass is 16.5. The third kappa shape index (κ3) is 2.95. The lowest BCUT2D eigenvalue weighted by Crippen LogP contribution is -2.40. The molecule has 4 aliphatic carbocycles. The van der Waals surface area contributed by atoms with Gasteiger partial charge in [0.15, 0.2) is 12.4 Å². The Labute approximate surface area is 166 Å². The number of imide groups is 1. The summed E-state index contributed by atoms with van der Waals surface area (Å²) in [5.74, 6) is 0.110. The maximum Gasteiger partial charge on any atom is 0.308 e. The van der Waals surface area contributed by atoms with E-state index in [1.165, 1.54) is 11.0 Å². The third-order valence-corrected chi connectivity index (χ3v) is 6.55. The number of anilines is 1. The van der Waals surface area contributed by atoms with Crippen LogP contribution in [-0.4, -0.2) is 46.9 Å². The Morgan fingerprint density at radius 3 is 2.45 bits per heavy atom. The van der Waals surface area contributed by atoms with Crippen molar-refractivity contribution >= 4 is 29.5 Å². The molecule has 1 aliphatic heterocycles. The molecule has 0 spiro atoms. The van der Waals surface area contributed by atoms with Gasteiger partial charge in [-0.2, -0.15) is 0 Å². The van der Waals surface area contributed by atoms with Gasteiger partial charge in [-0.15, -0.1) is 0 Å². The molecule has 2 bridgehead atoms. The van der Waals surface area contributed by atoms with Gasteiger partial charge in [-0.05, 0) is 37.0 Å². The molecule has 5 aliphatic rings. The van der Waals surface area contributed by atoms with Gasteiger partial charge >= 0.3 is 5.97 Å². The number of allylic oxidation sites excluding steroid dienone is 2. The first-order valence-electron chi connectivity index (χ1n) is 9.86. The maximum atomic E-state index is 12.8. The zero-order valence-corrected chi connectivity index (χ0v) is 15.9. The summed E-state index contributed by atoms with van der Waals surface area (Å²) in [7, 11) is 0. The second-order valence-corrected chi connectivity index (χ2v) is 8.26. The zero-order valence-electron chi connectivity index (χ0n) is 15.9. The molecule has 3 fully saturated rings. The molecular formula is C20H21N3O6. The van der Waals surface area contributed by atoms with Crippen LogP contribution in [0.2, 0.25) is 0 Å². The summed E-state index contributed by atoms with van der Waals surface area (Å²) in [5, 5.41) is 6.06. The Morgan fingerprint density at radius 2 is 1.86 bits per heavy atom. The van der Waals surface area contributed by atoms with Crippen molar-refractivity contribution in [2.75, 3.05) is 18.5 Å². The Hall–Kier alpha value is -2.97. The highest BCUT2D eigenvalue weighted by molar-refractivity contribution is 6.06. The van der Waals surface area contributed by atoms with E-state index in [1.807, 2.05) is 0 Å². The lowest BCUT2D eigenvalue weighted by Gasteiger charge is -2.37. The van der Waals surface area contributed by atoms with Gasteiger partial charge in [-0.3, -0.25) is 24.1 Å². The molecule has 2 heterocycles. The minimum Gasteiger partial charge on any atom is -0.456 e. The van der Waals surface area contributed by atoms with E-state index in [0.717, 1.165) is 6.42 Å². The normalized spacial score (nSPS) is 33.5. The summed E-state index contributed by atoms with van der Waals surface area (Å²) < 4.78 is 9.77. The summed E-state index contributed by atoms with van der Waals surface area (Å²) >= 11 is 0. The number of aromatic nitrogens is 1. The number of esters is 1. The van der Waals surface area contributed by atoms with E-state index < -0.39 is 18.5 Å². The highest BCUT2D eigenvalue weighted by Crippen LogP contribution is 2.65. The van der Waals surface area contributed by atoms with Crippen molar-refractivity contribution in [2.45, 2.75) is 19.8 Å². The van der Waals surface area contributed by atoms with Crippen LogP contribution in [-0.2, 0) is 23.9 Å². The molecule has 152 valence electrons. The van der Waals surface area contributed by atoms with Crippen LogP contribution in [0.5, 0.6) is 0 Å². The molecule has 0 aromatic carbocycles. The molecule has 6 atom stereocenters. The Morgan fingerprint density at radius 1 is 1.21 bits per heavy atom. The largest absolute Gasteiger partial charge is 0.456 e. The van der Waals surface area contributed by atoms with Gasteiger partial charge in [-0.25, -0.2) is 0 Å². The monoisotopic (exact) mass is 399 g/mol. The summed E-state index contributed by atoms with van der Waals surface area (Å²) in [6, 6.07) is 1.54. The quantitative estimate of drug-likeness (QED) is 0.429. The van der Waals surface area contributed by atoms with Crippen LogP contribution in [0.25, 0.3) is 0 Å². The molecule has 1 saturated heterocycles. The first-order chi connectivity index (χ1) is 13.9. The smallest absolute Gasteiger partial charge is 0.308 e. The fourth-order valence-electron chi connectivity index (χ4n) is 5.26. The molecule has 2 saturated carbocycles. The van der Waals surface area contributed by atoms with Crippen LogP contribution in [0.3, 0.4) is 0 Å². The molecular weight excluding hydrogens is 378 g/mol. The lowest BCUT2D eigenvalue weighted by atomic mass is 9.63. The molecule has 6 rings (SSSR count). The molecule has 1 aromatic heterocycles. The minimum atomic E-state index is -0.643. The zero-order chi connectivity index (χ0) is 20.3. The van der Waals surface area contributed by atoms with Gasteiger partial charge in [0, 0.05) is 12.6 Å². The van der Waals surface area contributed by atoms with E-state index >= 15 is 0 Å². The minimum absolute atomic E-state index is 0.0115. The van der Waals surface area contributed by atoms with E-state index in [2.05, 4.69) is 22.6 Å². The first-order valence-corrected chi connectivity index (χ1v) is 9.86. The average molecular weight is 399 g/mol. The van der Waals surface area contributed by atoms with Crippen LogP contribution in [0.15, 0.2) is 22.7 Å². The number of rotatable bonds is 6. The number of ether oxygens (including phenoxy) is 1. The van der Waals surface area contributed by atoms with Crippen molar-refractivity contribution < 1.29 is 28.4 Å². The first kappa shape index (κ1) is 18.1. The van der Waals surface area contributed by atoms with Crippen LogP contribution in [0.1, 0.15) is 18.6 Å². The fourth-order valence-corrected chi connectivity index (χ4v) is 5.26. The van der Waals surface area contributed by atoms with Gasteiger partial charge in [0.1, 0.15) is 5.76 Å². The average Bonchev–Trinajstić information content (AvgIpc) is 3.38. The predicted molar refractivity (Wildman–Crippen MR) is 96.9 cm³/mol. The number of amides is 3. The second kappa shape index (κ2) is 6.53. The van der Waals surface area contributed by atoms with Gasteiger partial charge < -0.3 is 14.6 Å². The standard InChI is InChI=1S/C20H21N3O6/c1-9-6-14(22-29-9)21-15(24)8-28-16(25)4-5-23-19(26)17-10-2-3-11(13-7-12(10)13)18(17)20(23)27/h2-3,6,10-13,17-18H,4-5,7-8H2,1H3,(H,21,22,24)/t10-,11-,12-,13+,17+,18+/m0/s1. The number of carbonyl (C=O) groups is 4. The number of likely N-dealkylation sites (tertiary alicyclic amines) is 1. The van der Waals surface area contributed by atoms with Crippen LogP contribution in [0, 0.1) is 42.4 Å². The summed E-state index contributed by atoms with van der Waals surface area (Å²) in [5.41, 5.74) is 0. The third-order valence-electron chi connectivity index (χ3n) is 6.55. The van der Waals surface area contributed by atoms with Crippen molar-refractivity contribution in [1.82, 2.24) is 10.1 Å². The van der Waals surface area contributed by atoms with Gasteiger partial charge in [0.05, 0.1) is 18.3 Å². The SMILES string of the molecule is Cc1cc(NC(=O)COC(=O)CCN2C(=O)[C@@H]3[C@H]4C=C[C@@H]([C@@H]5C[C@H]45)[C@H]3C2=O)no1. The number of nitrogens with one attached hydrogen (secondary N) is 1. The van der Waals surface area contributed by atoms with E-state index in [4.69, 9.17) is 9.26 Å². The Kier molecular flexibility index (Phi) is 4.07. The molecule has 9 heteroatoms. The summed E-state index contributed by atoms with van der Waals surface area (Å²) in [6.07, 6.45) is 5.19. The topological polar surface area (TPSA) is 119 Å². The number of hydrogen-bond acceptors (Lipinski definition) is 7. The highest BCUT2D eigenvalue weighted by Gasteiger charge is 2.66.